The van der Waals surface area contributed by atoms with E-state index in [2.05, 4.69) is 17.6 Å². The van der Waals surface area contributed by atoms with Gasteiger partial charge < -0.3 is 146 Å². The molecule has 4 fully saturated rings. The molecule has 33 nitrogen and oxygen atoms in total. The number of aliphatic hydroxyl groups is 15. The summed E-state index contributed by atoms with van der Waals surface area (Å²) in [5.41, 5.74) is 6.12. The predicted octanol–water partition coefficient (Wildman–Crippen LogP) is -7.26. The molecule has 0 bridgehead atoms. The van der Waals surface area contributed by atoms with Crippen LogP contribution in [-0.4, -0.2) is 309 Å². The largest absolute Gasteiger partial charge is 0.477 e. The Hall–Kier alpha value is -3.12. The molecular weight excluding hydrogens is 1160 g/mol. The Morgan fingerprint density at radius 1 is 0.628 bits per heavy atom. The van der Waals surface area contributed by atoms with Crippen molar-refractivity contribution in [2.45, 2.75) is 262 Å². The Morgan fingerprint density at radius 2 is 1.15 bits per heavy atom. The number of methoxy groups -OCH3 is 1. The molecule has 4 saturated heterocycles. The van der Waals surface area contributed by atoms with Crippen molar-refractivity contribution in [2.24, 2.45) is 5.73 Å². The molecule has 0 radical (unpaired) electrons. The lowest BCUT2D eigenvalue weighted by atomic mass is 9.88. The SMILES string of the molecule is CCCCCCCCCCCCCC[C@@H](O)[C@@H](O)[C@@H](N)CO[C@@H]1O[C@H](CO)[C@@H](O[C@@H]2O[C@H](CO)[C@H](O)[C@H](O[C@]3(C(=O)O)C[C@H](O)[C@@H](NC(=O)CO[C@]4(C(=O)O)C[C@H](O)[C@@H](NC(C)=O)[C@H]([C@H](O)[C@@H](CO)OC)O4)[C@H]([C@H](O)[C@H](O)CO)O3)[C@H]2O)[C@H](O)[C@H]1O. The molecular formula is C53H95N3O30. The van der Waals surface area contributed by atoms with Gasteiger partial charge in [-0.3, -0.25) is 9.59 Å². The van der Waals surface area contributed by atoms with Crippen LogP contribution >= 0.6 is 0 Å². The number of hydrogen-bond donors (Lipinski definition) is 20. The van der Waals surface area contributed by atoms with Crippen molar-refractivity contribution in [1.82, 2.24) is 10.6 Å². The Kier molecular flexibility index (Phi) is 31.6. The third kappa shape index (κ3) is 19.9. The average Bonchev–Trinajstić information content (AvgIpc) is 0.888. The second-order valence-corrected chi connectivity index (χ2v) is 22.4. The van der Waals surface area contributed by atoms with Gasteiger partial charge in [-0.05, 0) is 6.42 Å². The minimum Gasteiger partial charge on any atom is -0.477 e. The zero-order valence-corrected chi connectivity index (χ0v) is 48.6. The van der Waals surface area contributed by atoms with E-state index in [9.17, 15) is 106 Å². The van der Waals surface area contributed by atoms with Crippen LogP contribution in [0.1, 0.15) is 110 Å². The van der Waals surface area contributed by atoms with Crippen LogP contribution in [0.4, 0.5) is 0 Å². The summed E-state index contributed by atoms with van der Waals surface area (Å²) in [6.45, 7) is -2.95. The fourth-order valence-corrected chi connectivity index (χ4v) is 10.9. The van der Waals surface area contributed by atoms with E-state index in [4.69, 9.17) is 48.4 Å². The van der Waals surface area contributed by atoms with Crippen molar-refractivity contribution in [1.29, 1.82) is 0 Å². The van der Waals surface area contributed by atoms with Crippen LogP contribution in [-0.2, 0) is 61.8 Å². The average molecular weight is 1250 g/mol. The first-order chi connectivity index (χ1) is 40.7. The normalized spacial score (nSPS) is 35.8. The number of hydrogen-bond acceptors (Lipinski definition) is 29. The molecule has 33 heteroatoms. The van der Waals surface area contributed by atoms with Crippen molar-refractivity contribution in [3.63, 3.8) is 0 Å². The number of nitrogens with one attached hydrogen (secondary N) is 2. The number of carboxylic acid groups (broad SMARTS) is 2. The molecule has 0 spiro atoms. The maximum absolute atomic E-state index is 13.6. The van der Waals surface area contributed by atoms with E-state index < -0.39 is 228 Å². The summed E-state index contributed by atoms with van der Waals surface area (Å²) in [6.07, 6.45) is -28.6. The van der Waals surface area contributed by atoms with Gasteiger partial charge >= 0.3 is 11.9 Å². The Morgan fingerprint density at radius 3 is 1.67 bits per heavy atom. The molecule has 86 heavy (non-hydrogen) atoms. The third-order valence-electron chi connectivity index (χ3n) is 15.9. The molecule has 25 atom stereocenters. The van der Waals surface area contributed by atoms with Crippen LogP contribution in [0.15, 0.2) is 0 Å². The van der Waals surface area contributed by atoms with Crippen LogP contribution in [0, 0.1) is 0 Å². The van der Waals surface area contributed by atoms with E-state index >= 15 is 0 Å². The molecule has 502 valence electrons. The van der Waals surface area contributed by atoms with E-state index in [1.165, 1.54) is 44.9 Å². The number of ether oxygens (including phenoxy) is 9. The Labute approximate surface area is 496 Å². The molecule has 4 aliphatic heterocycles. The zero-order valence-electron chi connectivity index (χ0n) is 48.6. The molecule has 4 aliphatic rings. The van der Waals surface area contributed by atoms with Gasteiger partial charge in [-0.1, -0.05) is 84.0 Å². The molecule has 0 aromatic rings. The number of unbranched alkanes of at least 4 members (excludes halogenated alkanes) is 11. The van der Waals surface area contributed by atoms with E-state index in [-0.39, 0.29) is 6.42 Å². The second-order valence-electron chi connectivity index (χ2n) is 22.4. The molecule has 4 rings (SSSR count). The minimum atomic E-state index is -3.35. The zero-order chi connectivity index (χ0) is 64.2. The van der Waals surface area contributed by atoms with Crippen molar-refractivity contribution >= 4 is 23.8 Å². The highest BCUT2D eigenvalue weighted by molar-refractivity contribution is 5.80. The highest BCUT2D eigenvalue weighted by atomic mass is 16.8. The predicted molar refractivity (Wildman–Crippen MR) is 287 cm³/mol. The van der Waals surface area contributed by atoms with Gasteiger partial charge in [-0.25, -0.2) is 9.59 Å². The molecule has 4 heterocycles. The third-order valence-corrected chi connectivity index (χ3v) is 15.9. The summed E-state index contributed by atoms with van der Waals surface area (Å²) in [6, 6.07) is -4.83. The number of carbonyl (C=O) groups excluding carboxylic acids is 2. The lowest BCUT2D eigenvalue weighted by Gasteiger charge is -2.50. The highest BCUT2D eigenvalue weighted by Gasteiger charge is 2.61. The number of rotatable bonds is 38. The first kappa shape index (κ1) is 75.3. The summed E-state index contributed by atoms with van der Waals surface area (Å²) in [4.78, 5) is 51.7. The van der Waals surface area contributed by atoms with Gasteiger partial charge in [0.25, 0.3) is 11.6 Å². The lowest BCUT2D eigenvalue weighted by Crippen LogP contribution is -2.71. The van der Waals surface area contributed by atoms with Crippen LogP contribution < -0.4 is 16.4 Å². The quantitative estimate of drug-likeness (QED) is 0.0255. The van der Waals surface area contributed by atoms with Crippen LogP contribution in [0.25, 0.3) is 0 Å². The van der Waals surface area contributed by atoms with E-state index in [0.29, 0.717) is 6.42 Å². The van der Waals surface area contributed by atoms with Crippen molar-refractivity contribution in [2.75, 3.05) is 46.8 Å². The van der Waals surface area contributed by atoms with Gasteiger partial charge in [0, 0.05) is 26.9 Å². The van der Waals surface area contributed by atoms with Gasteiger partial charge in [-0.2, -0.15) is 0 Å². The van der Waals surface area contributed by atoms with Gasteiger partial charge in [0.2, 0.25) is 11.8 Å². The number of carbonyl (C=O) groups is 4. The molecule has 0 aromatic carbocycles. The van der Waals surface area contributed by atoms with Gasteiger partial charge in [0.15, 0.2) is 12.6 Å². The first-order valence-corrected chi connectivity index (χ1v) is 29.2. The second kappa shape index (κ2) is 36.1. The Bertz CT molecular complexity index is 2020. The number of aliphatic carboxylic acids is 2. The monoisotopic (exact) mass is 1250 g/mol. The first-order valence-electron chi connectivity index (χ1n) is 29.2. The van der Waals surface area contributed by atoms with Crippen molar-refractivity contribution in [3.8, 4) is 0 Å². The topological polar surface area (TPSA) is 545 Å². The van der Waals surface area contributed by atoms with Gasteiger partial charge in [-0.15, -0.1) is 0 Å². The van der Waals surface area contributed by atoms with E-state index in [0.717, 1.165) is 39.7 Å². The maximum Gasteiger partial charge on any atom is 0.364 e. The van der Waals surface area contributed by atoms with Gasteiger partial charge in [0.05, 0.1) is 75.6 Å². The van der Waals surface area contributed by atoms with E-state index in [1.807, 2.05) is 0 Å². The Balaban J connectivity index is 1.44. The summed E-state index contributed by atoms with van der Waals surface area (Å²) in [7, 11) is 1.06. The standard InChI is InChI=1S/C53H95N3O30/c1-4-5-6-7-8-9-10-11-12-13-14-15-16-27(62)37(67)26(54)23-79-48-42(72)41(71)44(33(22-60)82-48)83-49-43(73)47(40(70)32(21-59)81-49)86-53(51(76)77)18-29(64)36(45(85-53)38(68)30(65)19-57)56-34(66)24-80-52(50(74)75)17-28(63)35(55-25(2)61)46(84-52)39(69)31(20-58)78-3/h26-33,35-49,57-60,62-65,67-73H,4-24,54H2,1-3H3,(H,55,61)(H,56,66)(H,74,75)(H,76,77)/t26-,27+,28-,29-,30+,31+,32+,33+,35+,36+,37-,38+,39+,40-,41+,42+,43+,44+,45+,46+,47-,48+,49-,52+,53-/m0/s1. The van der Waals surface area contributed by atoms with Crippen molar-refractivity contribution < 1.29 is 149 Å². The van der Waals surface area contributed by atoms with Crippen molar-refractivity contribution in [3.05, 3.63) is 0 Å². The van der Waals surface area contributed by atoms with Crippen LogP contribution in [0.3, 0.4) is 0 Å². The van der Waals surface area contributed by atoms with E-state index in [1.54, 1.807) is 0 Å². The minimum absolute atomic E-state index is 0.242. The number of carboxylic acids is 2. The van der Waals surface area contributed by atoms with Crippen LogP contribution in [0.2, 0.25) is 0 Å². The number of nitrogens with two attached hydrogens (primary N) is 1. The number of aliphatic hydroxyl groups excluding tert-OH is 15. The molecule has 21 N–H and O–H groups in total. The molecule has 0 aliphatic carbocycles. The fourth-order valence-electron chi connectivity index (χ4n) is 10.9. The van der Waals surface area contributed by atoms with Crippen LogP contribution in [0.5, 0.6) is 0 Å². The highest BCUT2D eigenvalue weighted by Crippen LogP contribution is 2.39. The molecule has 0 aromatic heterocycles. The molecule has 0 saturated carbocycles. The summed E-state index contributed by atoms with van der Waals surface area (Å²) < 4.78 is 50.0. The fraction of sp³-hybridized carbons (Fsp3) is 0.925. The number of amides is 2. The summed E-state index contributed by atoms with van der Waals surface area (Å²) in [5.74, 6) is -12.7. The maximum atomic E-state index is 13.6. The summed E-state index contributed by atoms with van der Waals surface area (Å²) in [5, 5.41) is 188. The molecule has 2 amide bonds. The summed E-state index contributed by atoms with van der Waals surface area (Å²) >= 11 is 0. The lowest BCUT2D eigenvalue weighted by molar-refractivity contribution is -0.386. The smallest absolute Gasteiger partial charge is 0.364 e. The van der Waals surface area contributed by atoms with Gasteiger partial charge in [0.1, 0.15) is 92.1 Å². The molecule has 0 unspecified atom stereocenters.